The highest BCUT2D eigenvalue weighted by Crippen LogP contribution is 2.50. The van der Waals surface area contributed by atoms with Crippen molar-refractivity contribution in [1.29, 1.82) is 0 Å². The minimum atomic E-state index is -4.98. The van der Waals surface area contributed by atoms with Crippen LogP contribution in [-0.4, -0.2) is 41.0 Å². The van der Waals surface area contributed by atoms with E-state index >= 15 is 0 Å². The Bertz CT molecular complexity index is 1620. The first-order valence-electron chi connectivity index (χ1n) is 13.7. The molecule has 1 amide bonds. The number of hydrogen-bond donors (Lipinski definition) is 3. The Kier molecular flexibility index (Phi) is 6.81. The highest BCUT2D eigenvalue weighted by Gasteiger charge is 2.59. The van der Waals surface area contributed by atoms with Gasteiger partial charge < -0.3 is 30.8 Å². The Labute approximate surface area is 242 Å². The van der Waals surface area contributed by atoms with E-state index in [1.54, 1.807) is 6.07 Å². The summed E-state index contributed by atoms with van der Waals surface area (Å²) in [6.07, 6.45) is -2.35. The molecule has 2 aliphatic carbocycles. The van der Waals surface area contributed by atoms with Gasteiger partial charge in [0.15, 0.2) is 34.4 Å². The lowest BCUT2D eigenvalue weighted by Crippen LogP contribution is -2.51. The first-order chi connectivity index (χ1) is 20.2. The summed E-state index contributed by atoms with van der Waals surface area (Å²) >= 11 is 0. The van der Waals surface area contributed by atoms with Crippen LogP contribution < -0.4 is 25.7 Å². The van der Waals surface area contributed by atoms with Crippen molar-refractivity contribution in [2.75, 3.05) is 6.61 Å². The highest BCUT2D eigenvalue weighted by atomic mass is 19.4. The number of nitrogens with two attached hydrogens (primary N) is 2. The number of carbonyl (C=O) groups excluding carboxylic acids is 1. The molecular weight excluding hydrogens is 577 g/mol. The van der Waals surface area contributed by atoms with Crippen molar-refractivity contribution in [3.63, 3.8) is 0 Å². The normalized spacial score (nSPS) is 21.1. The van der Waals surface area contributed by atoms with Crippen LogP contribution in [0.1, 0.15) is 59.8 Å². The Morgan fingerprint density at radius 2 is 1.74 bits per heavy atom. The van der Waals surface area contributed by atoms with Gasteiger partial charge >= 0.3 is 6.18 Å². The minimum Gasteiger partial charge on any atom is -0.488 e. The first kappa shape index (κ1) is 29.1. The number of amides is 1. The van der Waals surface area contributed by atoms with E-state index in [4.69, 9.17) is 25.7 Å². The van der Waals surface area contributed by atoms with E-state index < -0.39 is 47.0 Å². The molecule has 2 atom stereocenters. The van der Waals surface area contributed by atoms with E-state index in [2.05, 4.69) is 4.98 Å². The SMILES string of the molecule is C[C@](O)(Cc1c(C(N)=O)ccc(OC2CC2)c1OC1CC1)c1cc2c(c(-c3ccc(F)c(F)c3)n1)OC[C@@]2(N)C(F)(F)F. The molecule has 0 unspecified atom stereocenters. The summed E-state index contributed by atoms with van der Waals surface area (Å²) in [7, 11) is 0. The number of rotatable bonds is 9. The van der Waals surface area contributed by atoms with E-state index in [0.717, 1.165) is 49.9 Å². The van der Waals surface area contributed by atoms with E-state index in [0.29, 0.717) is 5.75 Å². The van der Waals surface area contributed by atoms with Gasteiger partial charge in [0.2, 0.25) is 5.91 Å². The summed E-state index contributed by atoms with van der Waals surface area (Å²) in [5.41, 5.74) is 5.46. The molecule has 3 aliphatic rings. The van der Waals surface area contributed by atoms with Crippen LogP contribution >= 0.6 is 0 Å². The lowest BCUT2D eigenvalue weighted by molar-refractivity contribution is -0.191. The van der Waals surface area contributed by atoms with Gasteiger partial charge in [-0.2, -0.15) is 13.2 Å². The van der Waals surface area contributed by atoms with Crippen molar-refractivity contribution < 1.29 is 46.1 Å². The zero-order valence-corrected chi connectivity index (χ0v) is 22.9. The topological polar surface area (TPSA) is 130 Å². The number of nitrogens with zero attached hydrogens (tertiary/aromatic N) is 1. The van der Waals surface area contributed by atoms with Gasteiger partial charge in [0, 0.05) is 28.7 Å². The Balaban J connectivity index is 1.51. The largest absolute Gasteiger partial charge is 0.488 e. The second-order valence-corrected chi connectivity index (χ2v) is 11.5. The van der Waals surface area contributed by atoms with Crippen LogP contribution in [0, 0.1) is 11.6 Å². The van der Waals surface area contributed by atoms with Gasteiger partial charge in [-0.05, 0) is 69.0 Å². The Morgan fingerprint density at radius 1 is 1.07 bits per heavy atom. The van der Waals surface area contributed by atoms with E-state index in [1.807, 2.05) is 0 Å². The average Bonchev–Trinajstić information content (AvgIpc) is 3.86. The molecule has 1 aromatic heterocycles. The van der Waals surface area contributed by atoms with Crippen LogP contribution in [0.25, 0.3) is 11.3 Å². The smallest absolute Gasteiger partial charge is 0.414 e. The molecule has 5 N–H and O–H groups in total. The summed E-state index contributed by atoms with van der Waals surface area (Å²) in [6.45, 7) is 0.292. The maximum Gasteiger partial charge on any atom is 0.414 e. The summed E-state index contributed by atoms with van der Waals surface area (Å²) in [5.74, 6) is -3.08. The maximum absolute atomic E-state index is 14.2. The van der Waals surface area contributed by atoms with Crippen LogP contribution in [0.3, 0.4) is 0 Å². The summed E-state index contributed by atoms with van der Waals surface area (Å²) in [5, 5.41) is 11.9. The fraction of sp³-hybridized carbons (Fsp3) is 0.400. The number of benzene rings is 2. The molecule has 228 valence electrons. The lowest BCUT2D eigenvalue weighted by atomic mass is 9.85. The third kappa shape index (κ3) is 5.35. The number of hydrogen-bond acceptors (Lipinski definition) is 7. The second kappa shape index (κ2) is 10.1. The van der Waals surface area contributed by atoms with Crippen LogP contribution in [0.4, 0.5) is 22.0 Å². The molecular formula is C30H28F5N3O5. The number of alkyl halides is 3. The summed E-state index contributed by atoms with van der Waals surface area (Å²) in [4.78, 5) is 16.9. The lowest BCUT2D eigenvalue weighted by Gasteiger charge is -2.29. The van der Waals surface area contributed by atoms with Gasteiger partial charge in [0.25, 0.3) is 0 Å². The number of primary amides is 1. The van der Waals surface area contributed by atoms with Gasteiger partial charge in [-0.1, -0.05) is 0 Å². The fourth-order valence-corrected chi connectivity index (χ4v) is 5.01. The van der Waals surface area contributed by atoms with Gasteiger partial charge in [-0.15, -0.1) is 0 Å². The molecule has 1 aliphatic heterocycles. The predicted octanol–water partition coefficient (Wildman–Crippen LogP) is 4.77. The number of ether oxygens (including phenoxy) is 3. The standard InChI is InChI=1S/C30H28F5N3O5/c1-28(40,12-18-17(27(36)39)7-9-22(42-15-3-4-15)25(18)43-16-5-6-16)23-11-19-26(41-13-29(19,37)30(33,34)35)24(38-23)14-2-8-20(31)21(32)10-14/h2,7-11,15-16,40H,3-6,12-13,37H2,1H3,(H2,36,39)/t28-,29-/m0/s1. The third-order valence-electron chi connectivity index (χ3n) is 7.79. The molecule has 13 heteroatoms. The van der Waals surface area contributed by atoms with Crippen molar-refractivity contribution in [1.82, 2.24) is 4.98 Å². The zero-order valence-electron chi connectivity index (χ0n) is 22.9. The summed E-state index contributed by atoms with van der Waals surface area (Å²) in [6, 6.07) is 6.66. The van der Waals surface area contributed by atoms with Crippen molar-refractivity contribution in [2.24, 2.45) is 11.5 Å². The number of pyridine rings is 1. The van der Waals surface area contributed by atoms with Gasteiger partial charge in [0.1, 0.15) is 17.9 Å². The van der Waals surface area contributed by atoms with Crippen LogP contribution in [-0.2, 0) is 17.6 Å². The number of halogens is 5. The molecule has 2 heterocycles. The van der Waals surface area contributed by atoms with Crippen LogP contribution in [0.2, 0.25) is 0 Å². The molecule has 0 spiro atoms. The molecule has 6 rings (SSSR count). The molecule has 0 saturated heterocycles. The summed E-state index contributed by atoms with van der Waals surface area (Å²) < 4.78 is 88.2. The van der Waals surface area contributed by atoms with Crippen LogP contribution in [0.5, 0.6) is 17.2 Å². The maximum atomic E-state index is 14.2. The Morgan fingerprint density at radius 3 is 2.35 bits per heavy atom. The van der Waals surface area contributed by atoms with Gasteiger partial charge in [-0.3, -0.25) is 4.79 Å². The molecule has 2 fully saturated rings. The number of fused-ring (bicyclic) bond motifs is 1. The van der Waals surface area contributed by atoms with Crippen molar-refractivity contribution in [3.05, 3.63) is 70.4 Å². The third-order valence-corrected chi connectivity index (χ3v) is 7.79. The van der Waals surface area contributed by atoms with E-state index in [-0.39, 0.29) is 58.2 Å². The Hall–Kier alpha value is -3.97. The van der Waals surface area contributed by atoms with E-state index in [9.17, 15) is 31.9 Å². The van der Waals surface area contributed by atoms with E-state index in [1.165, 1.54) is 13.0 Å². The molecule has 2 saturated carbocycles. The van der Waals surface area contributed by atoms with Crippen LogP contribution in [0.15, 0.2) is 36.4 Å². The van der Waals surface area contributed by atoms with Crippen molar-refractivity contribution >= 4 is 5.91 Å². The quantitative estimate of drug-likeness (QED) is 0.300. The van der Waals surface area contributed by atoms with Gasteiger partial charge in [-0.25, -0.2) is 13.8 Å². The number of carbonyl (C=O) groups is 1. The molecule has 0 radical (unpaired) electrons. The zero-order chi connectivity index (χ0) is 30.9. The highest BCUT2D eigenvalue weighted by molar-refractivity contribution is 5.95. The molecule has 3 aromatic rings. The predicted molar refractivity (Wildman–Crippen MR) is 143 cm³/mol. The average molecular weight is 606 g/mol. The molecule has 0 bridgehead atoms. The first-order valence-corrected chi connectivity index (χ1v) is 13.7. The van der Waals surface area contributed by atoms with Crippen molar-refractivity contribution in [2.45, 2.75) is 68.6 Å². The minimum absolute atomic E-state index is 0.0212. The second-order valence-electron chi connectivity index (χ2n) is 11.5. The number of aliphatic hydroxyl groups is 1. The molecule has 43 heavy (non-hydrogen) atoms. The van der Waals surface area contributed by atoms with Gasteiger partial charge in [0.05, 0.1) is 17.9 Å². The molecule has 8 nitrogen and oxygen atoms in total. The number of aromatic nitrogens is 1. The fourth-order valence-electron chi connectivity index (χ4n) is 5.01. The monoisotopic (exact) mass is 605 g/mol. The molecule has 2 aromatic carbocycles. The van der Waals surface area contributed by atoms with Crippen molar-refractivity contribution in [3.8, 4) is 28.5 Å².